The lowest BCUT2D eigenvalue weighted by molar-refractivity contribution is 0.874. The first-order chi connectivity index (χ1) is 4.33. The van der Waals surface area contributed by atoms with Crippen LogP contribution in [0.4, 0.5) is 0 Å². The van der Waals surface area contributed by atoms with Gasteiger partial charge in [0.1, 0.15) is 5.82 Å². The van der Waals surface area contributed by atoms with Crippen molar-refractivity contribution >= 4 is 11.6 Å². The summed E-state index contributed by atoms with van der Waals surface area (Å²) in [7, 11) is 0. The van der Waals surface area contributed by atoms with Crippen LogP contribution < -0.4 is 5.73 Å². The van der Waals surface area contributed by atoms with Crippen LogP contribution in [0.5, 0.6) is 0 Å². The smallest absolute Gasteiger partial charge is 0.242 e. The molecule has 0 fully saturated rings. The summed E-state index contributed by atoms with van der Waals surface area (Å²) in [6.07, 6.45) is 0.694. The lowest BCUT2D eigenvalue weighted by Crippen LogP contribution is -2.03. The van der Waals surface area contributed by atoms with Gasteiger partial charge in [0.05, 0.1) is 0 Å². The molecule has 0 amide bonds. The molecule has 9 heavy (non-hydrogen) atoms. The van der Waals surface area contributed by atoms with E-state index in [1.807, 2.05) is 0 Å². The molecule has 0 aliphatic rings. The summed E-state index contributed by atoms with van der Waals surface area (Å²) < 4.78 is 0. The van der Waals surface area contributed by atoms with Crippen LogP contribution in [-0.2, 0) is 6.42 Å². The Balaban J connectivity index is 2.61. The van der Waals surface area contributed by atoms with Crippen molar-refractivity contribution < 1.29 is 0 Å². The number of rotatable bonds is 2. The topological polar surface area (TPSA) is 67.6 Å². The molecular weight excluding hydrogens is 140 g/mol. The van der Waals surface area contributed by atoms with Gasteiger partial charge in [-0.05, 0) is 18.1 Å². The molecule has 0 saturated heterocycles. The zero-order valence-electron chi connectivity index (χ0n) is 4.76. The molecule has 50 valence electrons. The maximum Gasteiger partial charge on any atom is 0.242 e. The molecule has 0 spiro atoms. The monoisotopic (exact) mass is 146 g/mol. The lowest BCUT2D eigenvalue weighted by Gasteiger charge is -1.85. The van der Waals surface area contributed by atoms with Crippen molar-refractivity contribution in [3.63, 3.8) is 0 Å². The van der Waals surface area contributed by atoms with E-state index < -0.39 is 0 Å². The van der Waals surface area contributed by atoms with Crippen molar-refractivity contribution in [2.45, 2.75) is 6.42 Å². The lowest BCUT2D eigenvalue weighted by atomic mass is 10.4. The van der Waals surface area contributed by atoms with Gasteiger partial charge < -0.3 is 5.73 Å². The molecule has 1 heterocycles. The fourth-order valence-corrected chi connectivity index (χ4v) is 0.665. The standard InChI is InChI=1S/C4H7ClN4/c5-4-7-3(1-2-6)8-9-4/h1-2,6H2,(H,7,8,9). The highest BCUT2D eigenvalue weighted by Crippen LogP contribution is 1.97. The van der Waals surface area contributed by atoms with Gasteiger partial charge >= 0.3 is 0 Å². The van der Waals surface area contributed by atoms with E-state index in [1.165, 1.54) is 0 Å². The Bertz CT molecular complexity index is 184. The van der Waals surface area contributed by atoms with Gasteiger partial charge in [-0.2, -0.15) is 0 Å². The number of hydrogen-bond donors (Lipinski definition) is 2. The number of nitrogens with two attached hydrogens (primary N) is 1. The van der Waals surface area contributed by atoms with Crippen molar-refractivity contribution in [3.05, 3.63) is 11.1 Å². The van der Waals surface area contributed by atoms with E-state index in [2.05, 4.69) is 15.2 Å². The SMILES string of the molecule is NCCc1nc(Cl)n[nH]1. The van der Waals surface area contributed by atoms with Crippen LogP contribution >= 0.6 is 11.6 Å². The van der Waals surface area contributed by atoms with Crippen molar-refractivity contribution in [2.24, 2.45) is 5.73 Å². The Hall–Kier alpha value is -0.610. The highest BCUT2D eigenvalue weighted by atomic mass is 35.5. The van der Waals surface area contributed by atoms with Crippen molar-refractivity contribution in [1.82, 2.24) is 15.2 Å². The number of halogens is 1. The Kier molecular flexibility index (Phi) is 2.02. The second kappa shape index (κ2) is 2.80. The highest BCUT2D eigenvalue weighted by Gasteiger charge is 1.96. The summed E-state index contributed by atoms with van der Waals surface area (Å²) in [5, 5.41) is 6.49. The molecule has 0 aromatic carbocycles. The zero-order valence-corrected chi connectivity index (χ0v) is 5.52. The molecule has 4 nitrogen and oxygen atoms in total. The molecule has 0 aliphatic heterocycles. The quantitative estimate of drug-likeness (QED) is 0.615. The molecule has 0 unspecified atom stereocenters. The molecule has 0 atom stereocenters. The number of nitrogens with one attached hydrogen (secondary N) is 1. The van der Waals surface area contributed by atoms with Gasteiger partial charge in [0.2, 0.25) is 5.28 Å². The predicted molar refractivity (Wildman–Crippen MR) is 34.2 cm³/mol. The van der Waals surface area contributed by atoms with Crippen molar-refractivity contribution in [2.75, 3.05) is 6.54 Å². The second-order valence-corrected chi connectivity index (χ2v) is 1.93. The van der Waals surface area contributed by atoms with Gasteiger partial charge in [-0.3, -0.25) is 5.10 Å². The molecule has 1 aromatic rings. The summed E-state index contributed by atoms with van der Waals surface area (Å²) in [6, 6.07) is 0. The van der Waals surface area contributed by atoms with Gasteiger partial charge in [-0.25, -0.2) is 4.98 Å². The first-order valence-electron chi connectivity index (χ1n) is 2.60. The van der Waals surface area contributed by atoms with Crippen molar-refractivity contribution in [3.8, 4) is 0 Å². The molecule has 0 aliphatic carbocycles. The number of H-pyrrole nitrogens is 1. The summed E-state index contributed by atoms with van der Waals surface area (Å²) in [5.74, 6) is 0.738. The van der Waals surface area contributed by atoms with E-state index in [1.54, 1.807) is 0 Å². The van der Waals surface area contributed by atoms with Crippen LogP contribution in [0.25, 0.3) is 0 Å². The maximum absolute atomic E-state index is 5.40. The molecule has 1 aromatic heterocycles. The second-order valence-electron chi connectivity index (χ2n) is 1.59. The van der Waals surface area contributed by atoms with Gasteiger partial charge in [-0.1, -0.05) is 0 Å². The normalized spacial score (nSPS) is 10.0. The van der Waals surface area contributed by atoms with Crippen LogP contribution in [0.1, 0.15) is 5.82 Å². The van der Waals surface area contributed by atoms with Gasteiger partial charge in [0.15, 0.2) is 0 Å². The van der Waals surface area contributed by atoms with Crippen molar-refractivity contribution in [1.29, 1.82) is 0 Å². The Morgan fingerprint density at radius 3 is 2.89 bits per heavy atom. The summed E-state index contributed by atoms with van der Waals surface area (Å²) in [4.78, 5) is 3.82. The first kappa shape index (κ1) is 6.51. The minimum absolute atomic E-state index is 0.249. The van der Waals surface area contributed by atoms with Gasteiger partial charge in [0, 0.05) is 6.42 Å². The number of aromatic nitrogens is 3. The Morgan fingerprint density at radius 1 is 1.67 bits per heavy atom. The average molecular weight is 147 g/mol. The number of nitrogens with zero attached hydrogens (tertiary/aromatic N) is 2. The van der Waals surface area contributed by atoms with Gasteiger partial charge in [0.25, 0.3) is 0 Å². The third-order valence-corrected chi connectivity index (χ3v) is 1.05. The van der Waals surface area contributed by atoms with E-state index in [0.29, 0.717) is 13.0 Å². The number of hydrogen-bond acceptors (Lipinski definition) is 3. The van der Waals surface area contributed by atoms with Gasteiger partial charge in [-0.15, -0.1) is 5.10 Å². The molecule has 0 saturated carbocycles. The first-order valence-corrected chi connectivity index (χ1v) is 2.97. The van der Waals surface area contributed by atoms with E-state index >= 15 is 0 Å². The van der Waals surface area contributed by atoms with E-state index in [-0.39, 0.29) is 5.28 Å². The van der Waals surface area contributed by atoms with E-state index in [0.717, 1.165) is 5.82 Å². The molecule has 1 rings (SSSR count). The molecule has 5 heteroatoms. The summed E-state index contributed by atoms with van der Waals surface area (Å²) >= 11 is 5.40. The van der Waals surface area contributed by atoms with E-state index in [9.17, 15) is 0 Å². The fraction of sp³-hybridized carbons (Fsp3) is 0.500. The number of aromatic amines is 1. The average Bonchev–Trinajstić information content (AvgIpc) is 2.17. The zero-order chi connectivity index (χ0) is 6.69. The van der Waals surface area contributed by atoms with Crippen LogP contribution in [0.2, 0.25) is 5.28 Å². The highest BCUT2D eigenvalue weighted by molar-refractivity contribution is 6.28. The van der Waals surface area contributed by atoms with Crippen LogP contribution in [0.3, 0.4) is 0 Å². The van der Waals surface area contributed by atoms with E-state index in [4.69, 9.17) is 17.3 Å². The largest absolute Gasteiger partial charge is 0.330 e. The summed E-state index contributed by atoms with van der Waals surface area (Å²) in [6.45, 7) is 0.561. The fourth-order valence-electron chi connectivity index (χ4n) is 0.521. The minimum atomic E-state index is 0.249. The third kappa shape index (κ3) is 1.65. The predicted octanol–water partition coefficient (Wildman–Crippen LogP) is -0.0407. The molecule has 3 N–H and O–H groups in total. The third-order valence-electron chi connectivity index (χ3n) is 0.886. The Morgan fingerprint density at radius 2 is 2.44 bits per heavy atom. The minimum Gasteiger partial charge on any atom is -0.330 e. The molecule has 0 bridgehead atoms. The van der Waals surface area contributed by atoms with Crippen LogP contribution in [0, 0.1) is 0 Å². The summed E-state index contributed by atoms with van der Waals surface area (Å²) in [5.41, 5.74) is 5.24. The van der Waals surface area contributed by atoms with Crippen LogP contribution in [-0.4, -0.2) is 21.7 Å². The Labute approximate surface area is 57.4 Å². The maximum atomic E-state index is 5.40. The molecule has 0 radical (unpaired) electrons. The molecular formula is C4H7ClN4. The van der Waals surface area contributed by atoms with Crippen LogP contribution in [0.15, 0.2) is 0 Å².